The first-order chi connectivity index (χ1) is 14.4. The summed E-state index contributed by atoms with van der Waals surface area (Å²) in [6, 6.07) is 9.27. The van der Waals surface area contributed by atoms with E-state index in [-0.39, 0.29) is 11.4 Å². The average Bonchev–Trinajstić information content (AvgIpc) is 3.10. The Morgan fingerprint density at radius 1 is 1.13 bits per heavy atom. The number of carbonyl (C=O) groups excluding carboxylic acids is 1. The molecule has 1 atom stereocenters. The topological polar surface area (TPSA) is 62.5 Å². The first-order valence-electron chi connectivity index (χ1n) is 10.3. The zero-order valence-electron chi connectivity index (χ0n) is 16.8. The van der Waals surface area contributed by atoms with Gasteiger partial charge in [0.1, 0.15) is 0 Å². The van der Waals surface area contributed by atoms with E-state index in [1.807, 2.05) is 29.2 Å². The standard InChI is InChI=1S/C22H26Cl2N4O2/c23-19-5-4-17(11-20(19)24)13-26-10-7-22(15-26)6-2-8-27(16-22)21(29)25-12-18-3-1-9-28(30)14-18/h1,3-5,9,11,14H,2,6-8,10,12-13,15-16H2,(H,25,29). The van der Waals surface area contributed by atoms with Crippen LogP contribution in [0.2, 0.25) is 10.0 Å². The second-order valence-corrected chi connectivity index (χ2v) is 9.28. The van der Waals surface area contributed by atoms with Crippen LogP contribution in [-0.4, -0.2) is 42.0 Å². The van der Waals surface area contributed by atoms with Crippen molar-refractivity contribution in [3.05, 3.63) is 69.1 Å². The SMILES string of the molecule is O=C(NCc1ccc[n+]([O-])c1)N1CCCC2(CCN(Cc3ccc(Cl)c(Cl)c3)C2)C1. The van der Waals surface area contributed by atoms with Crippen LogP contribution in [0.5, 0.6) is 0 Å². The molecule has 6 nitrogen and oxygen atoms in total. The Morgan fingerprint density at radius 2 is 2.00 bits per heavy atom. The van der Waals surface area contributed by atoms with Gasteiger partial charge in [-0.1, -0.05) is 29.3 Å². The van der Waals surface area contributed by atoms with Crippen molar-refractivity contribution in [2.75, 3.05) is 26.2 Å². The molecular formula is C22H26Cl2N4O2. The summed E-state index contributed by atoms with van der Waals surface area (Å²) in [6.07, 6.45) is 6.16. The molecule has 0 aliphatic carbocycles. The van der Waals surface area contributed by atoms with E-state index in [4.69, 9.17) is 23.2 Å². The summed E-state index contributed by atoms with van der Waals surface area (Å²) in [5.74, 6) is 0. The highest BCUT2D eigenvalue weighted by atomic mass is 35.5. The van der Waals surface area contributed by atoms with Crippen molar-refractivity contribution in [2.45, 2.75) is 32.4 Å². The second-order valence-electron chi connectivity index (χ2n) is 8.47. The number of hydrogen-bond acceptors (Lipinski definition) is 3. The summed E-state index contributed by atoms with van der Waals surface area (Å²) in [4.78, 5) is 17.1. The zero-order chi connectivity index (χ0) is 21.1. The second kappa shape index (κ2) is 9.00. The molecule has 0 saturated carbocycles. The number of urea groups is 1. The minimum absolute atomic E-state index is 0.0571. The molecule has 160 valence electrons. The molecule has 4 rings (SSSR count). The largest absolute Gasteiger partial charge is 0.619 e. The maximum atomic E-state index is 12.7. The van der Waals surface area contributed by atoms with Gasteiger partial charge in [-0.2, -0.15) is 4.73 Å². The highest BCUT2D eigenvalue weighted by molar-refractivity contribution is 6.42. The van der Waals surface area contributed by atoms with Crippen molar-refractivity contribution >= 4 is 29.2 Å². The molecule has 0 radical (unpaired) electrons. The zero-order valence-corrected chi connectivity index (χ0v) is 18.3. The fourth-order valence-electron chi connectivity index (χ4n) is 4.67. The van der Waals surface area contributed by atoms with Crippen molar-refractivity contribution in [2.24, 2.45) is 5.41 Å². The van der Waals surface area contributed by atoms with Crippen LogP contribution in [0.4, 0.5) is 4.79 Å². The predicted molar refractivity (Wildman–Crippen MR) is 117 cm³/mol. The molecular weight excluding hydrogens is 423 g/mol. The molecule has 0 bridgehead atoms. The Balaban J connectivity index is 1.32. The lowest BCUT2D eigenvalue weighted by Gasteiger charge is -2.40. The molecule has 30 heavy (non-hydrogen) atoms. The molecule has 1 unspecified atom stereocenters. The third kappa shape index (κ3) is 4.99. The van der Waals surface area contributed by atoms with Gasteiger partial charge in [-0.25, -0.2) is 4.79 Å². The number of benzene rings is 1. The highest BCUT2D eigenvalue weighted by Crippen LogP contribution is 2.39. The summed E-state index contributed by atoms with van der Waals surface area (Å²) < 4.78 is 0.748. The summed E-state index contributed by atoms with van der Waals surface area (Å²) in [5, 5.41) is 15.5. The van der Waals surface area contributed by atoms with Crippen LogP contribution < -0.4 is 10.0 Å². The van der Waals surface area contributed by atoms with E-state index >= 15 is 0 Å². The lowest BCUT2D eigenvalue weighted by molar-refractivity contribution is -0.605. The van der Waals surface area contributed by atoms with Crippen molar-refractivity contribution in [1.29, 1.82) is 0 Å². The van der Waals surface area contributed by atoms with Crippen LogP contribution >= 0.6 is 23.2 Å². The van der Waals surface area contributed by atoms with Crippen LogP contribution in [0, 0.1) is 10.6 Å². The maximum absolute atomic E-state index is 12.7. The lowest BCUT2D eigenvalue weighted by Crippen LogP contribution is -2.50. The van der Waals surface area contributed by atoms with Gasteiger partial charge in [0.05, 0.1) is 16.6 Å². The monoisotopic (exact) mass is 448 g/mol. The summed E-state index contributed by atoms with van der Waals surface area (Å²) in [7, 11) is 0. The Hall–Kier alpha value is -2.02. The number of halogens is 2. The molecule has 2 amide bonds. The Morgan fingerprint density at radius 3 is 2.80 bits per heavy atom. The molecule has 8 heteroatoms. The minimum Gasteiger partial charge on any atom is -0.619 e. The molecule has 3 heterocycles. The van der Waals surface area contributed by atoms with Gasteiger partial charge in [0.15, 0.2) is 12.4 Å². The van der Waals surface area contributed by atoms with Gasteiger partial charge in [-0.05, 0) is 49.6 Å². The Kier molecular flexibility index (Phi) is 6.37. The van der Waals surface area contributed by atoms with Crippen LogP contribution in [0.15, 0.2) is 42.7 Å². The number of rotatable bonds is 4. The number of nitrogens with one attached hydrogen (secondary N) is 1. The van der Waals surface area contributed by atoms with Gasteiger partial charge in [0, 0.05) is 43.2 Å². The predicted octanol–water partition coefficient (Wildman–Crippen LogP) is 3.82. The van der Waals surface area contributed by atoms with Gasteiger partial charge in [0.2, 0.25) is 0 Å². The highest BCUT2D eigenvalue weighted by Gasteiger charge is 2.42. The Bertz CT molecular complexity index is 926. The molecule has 1 N–H and O–H groups in total. The number of aromatic nitrogens is 1. The van der Waals surface area contributed by atoms with E-state index in [1.165, 1.54) is 12.4 Å². The minimum atomic E-state index is -0.0571. The maximum Gasteiger partial charge on any atom is 0.317 e. The number of amides is 2. The molecule has 2 aliphatic heterocycles. The molecule has 1 aromatic heterocycles. The van der Waals surface area contributed by atoms with Gasteiger partial charge in [-0.3, -0.25) is 4.90 Å². The third-order valence-corrected chi connectivity index (χ3v) is 6.88. The number of likely N-dealkylation sites (tertiary alicyclic amines) is 2. The van der Waals surface area contributed by atoms with E-state index in [0.29, 0.717) is 16.6 Å². The molecule has 2 saturated heterocycles. The fraction of sp³-hybridized carbons (Fsp3) is 0.455. The quantitative estimate of drug-likeness (QED) is 0.570. The first kappa shape index (κ1) is 21.2. The van der Waals surface area contributed by atoms with Gasteiger partial charge in [-0.15, -0.1) is 0 Å². The van der Waals surface area contributed by atoms with Crippen LogP contribution in [0.25, 0.3) is 0 Å². The summed E-state index contributed by atoms with van der Waals surface area (Å²) in [5.41, 5.74) is 2.10. The third-order valence-electron chi connectivity index (χ3n) is 6.14. The van der Waals surface area contributed by atoms with E-state index in [9.17, 15) is 10.0 Å². The summed E-state index contributed by atoms with van der Waals surface area (Å²) >= 11 is 12.2. The summed E-state index contributed by atoms with van der Waals surface area (Å²) in [6.45, 7) is 4.74. The fourth-order valence-corrected chi connectivity index (χ4v) is 4.99. The lowest BCUT2D eigenvalue weighted by atomic mass is 9.79. The van der Waals surface area contributed by atoms with Crippen LogP contribution in [0.1, 0.15) is 30.4 Å². The van der Waals surface area contributed by atoms with Gasteiger partial charge >= 0.3 is 6.03 Å². The smallest absolute Gasteiger partial charge is 0.317 e. The average molecular weight is 449 g/mol. The van der Waals surface area contributed by atoms with E-state index in [1.54, 1.807) is 6.07 Å². The number of pyridine rings is 1. The molecule has 1 aromatic carbocycles. The number of carbonyl (C=O) groups is 1. The number of nitrogens with zero attached hydrogens (tertiary/aromatic N) is 3. The Labute approximate surface area is 187 Å². The van der Waals surface area contributed by atoms with Crippen molar-refractivity contribution in [3.63, 3.8) is 0 Å². The first-order valence-corrected chi connectivity index (χ1v) is 11.0. The van der Waals surface area contributed by atoms with E-state index < -0.39 is 0 Å². The van der Waals surface area contributed by atoms with Crippen molar-refractivity contribution < 1.29 is 9.52 Å². The van der Waals surface area contributed by atoms with Crippen LogP contribution in [0.3, 0.4) is 0 Å². The van der Waals surface area contributed by atoms with E-state index in [0.717, 1.165) is 67.8 Å². The normalized spacial score (nSPS) is 21.9. The van der Waals surface area contributed by atoms with Crippen LogP contribution in [-0.2, 0) is 13.1 Å². The van der Waals surface area contributed by atoms with Crippen molar-refractivity contribution in [3.8, 4) is 0 Å². The van der Waals surface area contributed by atoms with E-state index in [2.05, 4.69) is 10.2 Å². The van der Waals surface area contributed by atoms with Crippen molar-refractivity contribution in [1.82, 2.24) is 15.1 Å². The molecule has 2 aromatic rings. The number of piperidine rings is 1. The van der Waals surface area contributed by atoms with Gasteiger partial charge < -0.3 is 15.4 Å². The molecule has 1 spiro atoms. The van der Waals surface area contributed by atoms with Gasteiger partial charge in [0.25, 0.3) is 0 Å². The number of hydrogen-bond donors (Lipinski definition) is 1. The molecule has 2 aliphatic rings. The molecule has 2 fully saturated rings.